The third-order valence-electron chi connectivity index (χ3n) is 2.91. The third-order valence-corrected chi connectivity index (χ3v) is 2.91. The number of carboxylic acids is 2. The molecule has 134 valence electrons. The summed E-state index contributed by atoms with van der Waals surface area (Å²) < 4.78 is 43.0. The number of hydrogen-bond donors (Lipinski definition) is 4. The molecule has 1 fully saturated rings. The van der Waals surface area contributed by atoms with Crippen molar-refractivity contribution >= 4 is 17.6 Å². The minimum atomic E-state index is -4.30. The number of benzene rings is 1. The van der Waals surface area contributed by atoms with Crippen LogP contribution in [0.3, 0.4) is 0 Å². The van der Waals surface area contributed by atoms with Crippen LogP contribution in [0.25, 0.3) is 0 Å². The Kier molecular flexibility index (Phi) is 7.46. The minimum absolute atomic E-state index is 0.00621. The predicted octanol–water partition coefficient (Wildman–Crippen LogP) is 1.26. The van der Waals surface area contributed by atoms with E-state index in [-0.39, 0.29) is 6.10 Å². The maximum Gasteiger partial charge on any atom is 0.416 e. The number of carbonyl (C=O) groups is 2. The summed E-state index contributed by atoms with van der Waals surface area (Å²) in [5.74, 6) is -3.65. The highest BCUT2D eigenvalue weighted by atomic mass is 19.4. The number of aliphatic carboxylic acids is 2. The van der Waals surface area contributed by atoms with Crippen molar-refractivity contribution in [2.75, 3.05) is 31.6 Å². The number of morpholine rings is 1. The lowest BCUT2D eigenvalue weighted by molar-refractivity contribution is -0.159. The number of ether oxygens (including phenoxy) is 1. The molecule has 0 aromatic heterocycles. The molecular weight excluding hydrogens is 333 g/mol. The van der Waals surface area contributed by atoms with Crippen LogP contribution < -0.4 is 10.6 Å². The number of halogens is 3. The molecular formula is C14H17F3N2O5. The summed E-state index contributed by atoms with van der Waals surface area (Å²) in [5.41, 5.74) is -0.186. The van der Waals surface area contributed by atoms with E-state index in [1.165, 1.54) is 6.07 Å². The molecule has 0 amide bonds. The van der Waals surface area contributed by atoms with Crippen LogP contribution in [0.1, 0.15) is 5.56 Å². The van der Waals surface area contributed by atoms with Gasteiger partial charge in [-0.15, -0.1) is 0 Å². The van der Waals surface area contributed by atoms with Crippen LogP contribution in [-0.2, 0) is 20.5 Å². The van der Waals surface area contributed by atoms with E-state index in [0.29, 0.717) is 25.4 Å². The lowest BCUT2D eigenvalue weighted by atomic mass is 10.2. The number of hydrogen-bond acceptors (Lipinski definition) is 5. The van der Waals surface area contributed by atoms with Gasteiger partial charge in [0.15, 0.2) is 0 Å². The molecule has 4 N–H and O–H groups in total. The molecule has 1 atom stereocenters. The first-order valence-corrected chi connectivity index (χ1v) is 6.90. The molecule has 0 radical (unpaired) electrons. The maximum atomic E-state index is 12.5. The zero-order valence-corrected chi connectivity index (χ0v) is 12.5. The van der Waals surface area contributed by atoms with Crippen molar-refractivity contribution < 1.29 is 37.7 Å². The molecule has 1 aliphatic rings. The number of nitrogens with one attached hydrogen (secondary N) is 2. The van der Waals surface area contributed by atoms with E-state index < -0.39 is 23.7 Å². The quantitative estimate of drug-likeness (QED) is 0.608. The van der Waals surface area contributed by atoms with Gasteiger partial charge in [0.2, 0.25) is 0 Å². The molecule has 0 saturated carbocycles. The average Bonchev–Trinajstić information content (AvgIpc) is 2.54. The normalized spacial score (nSPS) is 17.4. The second-order valence-corrected chi connectivity index (χ2v) is 4.77. The summed E-state index contributed by atoms with van der Waals surface area (Å²) in [7, 11) is 0. The predicted molar refractivity (Wildman–Crippen MR) is 77.8 cm³/mol. The zero-order valence-electron chi connectivity index (χ0n) is 12.5. The van der Waals surface area contributed by atoms with Gasteiger partial charge in [-0.3, -0.25) is 0 Å². The van der Waals surface area contributed by atoms with Crippen LogP contribution in [-0.4, -0.2) is 54.5 Å². The topological polar surface area (TPSA) is 108 Å². The number of alkyl halides is 3. The highest BCUT2D eigenvalue weighted by molar-refractivity contribution is 6.27. The van der Waals surface area contributed by atoms with E-state index in [9.17, 15) is 13.2 Å². The molecule has 0 aliphatic carbocycles. The highest BCUT2D eigenvalue weighted by Gasteiger charge is 2.30. The van der Waals surface area contributed by atoms with E-state index >= 15 is 0 Å². The summed E-state index contributed by atoms with van der Waals surface area (Å²) in [5, 5.41) is 20.9. The van der Waals surface area contributed by atoms with E-state index in [1.54, 1.807) is 6.07 Å². The Morgan fingerprint density at radius 2 is 1.96 bits per heavy atom. The first-order valence-electron chi connectivity index (χ1n) is 6.90. The molecule has 1 aromatic rings. The van der Waals surface area contributed by atoms with Crippen LogP contribution in [0.5, 0.6) is 0 Å². The van der Waals surface area contributed by atoms with Gasteiger partial charge in [0.25, 0.3) is 0 Å². The van der Waals surface area contributed by atoms with Gasteiger partial charge in [0.1, 0.15) is 0 Å². The number of rotatable bonds is 3. The smallest absolute Gasteiger partial charge is 0.416 e. The second-order valence-electron chi connectivity index (χ2n) is 4.77. The fraction of sp³-hybridized carbons (Fsp3) is 0.429. The Morgan fingerprint density at radius 1 is 1.29 bits per heavy atom. The van der Waals surface area contributed by atoms with Crippen LogP contribution in [0.4, 0.5) is 18.9 Å². The van der Waals surface area contributed by atoms with E-state index in [4.69, 9.17) is 24.5 Å². The van der Waals surface area contributed by atoms with Crippen molar-refractivity contribution in [1.82, 2.24) is 5.32 Å². The average molecular weight is 350 g/mol. The monoisotopic (exact) mass is 350 g/mol. The Hall–Kier alpha value is -2.33. The Labute approximate surface area is 135 Å². The van der Waals surface area contributed by atoms with E-state index in [1.807, 2.05) is 0 Å². The molecule has 7 nitrogen and oxygen atoms in total. The van der Waals surface area contributed by atoms with Gasteiger partial charge in [-0.05, 0) is 18.2 Å². The zero-order chi connectivity index (χ0) is 18.2. The van der Waals surface area contributed by atoms with Crippen molar-refractivity contribution in [2.45, 2.75) is 12.3 Å². The summed E-state index contributed by atoms with van der Waals surface area (Å²) >= 11 is 0. The van der Waals surface area contributed by atoms with Crippen LogP contribution >= 0.6 is 0 Å². The SMILES string of the molecule is FC(F)(F)c1cccc(NCC2CNCCO2)c1.O=C(O)C(=O)O. The fourth-order valence-corrected chi connectivity index (χ4v) is 1.79. The molecule has 1 aliphatic heterocycles. The summed E-state index contributed by atoms with van der Waals surface area (Å²) in [6.07, 6.45) is -4.31. The van der Waals surface area contributed by atoms with Crippen LogP contribution in [0, 0.1) is 0 Å². The van der Waals surface area contributed by atoms with E-state index in [2.05, 4.69) is 10.6 Å². The van der Waals surface area contributed by atoms with Crippen molar-refractivity contribution in [3.63, 3.8) is 0 Å². The standard InChI is InChI=1S/C12H15F3N2O.C2H2O4/c13-12(14,15)9-2-1-3-10(6-9)17-8-11-7-16-4-5-18-11;3-1(4)2(5)6/h1-3,6,11,16-17H,4-5,7-8H2;(H,3,4)(H,5,6). The Balaban J connectivity index is 0.000000413. The van der Waals surface area contributed by atoms with Crippen molar-refractivity contribution in [1.29, 1.82) is 0 Å². The van der Waals surface area contributed by atoms with Gasteiger partial charge in [-0.2, -0.15) is 13.2 Å². The first-order chi connectivity index (χ1) is 11.2. The molecule has 0 bridgehead atoms. The lowest BCUT2D eigenvalue weighted by Crippen LogP contribution is -2.42. The van der Waals surface area contributed by atoms with Gasteiger partial charge in [-0.25, -0.2) is 9.59 Å². The molecule has 1 unspecified atom stereocenters. The number of carboxylic acid groups (broad SMARTS) is 2. The lowest BCUT2D eigenvalue weighted by Gasteiger charge is -2.24. The van der Waals surface area contributed by atoms with Gasteiger partial charge in [-0.1, -0.05) is 6.07 Å². The van der Waals surface area contributed by atoms with Gasteiger partial charge in [0, 0.05) is 25.3 Å². The van der Waals surface area contributed by atoms with Crippen LogP contribution in [0.15, 0.2) is 24.3 Å². The van der Waals surface area contributed by atoms with Crippen molar-refractivity contribution in [3.8, 4) is 0 Å². The fourth-order valence-electron chi connectivity index (χ4n) is 1.79. The first kappa shape index (κ1) is 19.7. The molecule has 24 heavy (non-hydrogen) atoms. The largest absolute Gasteiger partial charge is 0.473 e. The summed E-state index contributed by atoms with van der Waals surface area (Å²) in [4.78, 5) is 18.2. The molecule has 10 heteroatoms. The van der Waals surface area contributed by atoms with Crippen molar-refractivity contribution in [3.05, 3.63) is 29.8 Å². The summed E-state index contributed by atoms with van der Waals surface area (Å²) in [6, 6.07) is 5.18. The van der Waals surface area contributed by atoms with Gasteiger partial charge >= 0.3 is 18.1 Å². The van der Waals surface area contributed by atoms with Crippen LogP contribution in [0.2, 0.25) is 0 Å². The Morgan fingerprint density at radius 3 is 2.46 bits per heavy atom. The molecule has 2 rings (SSSR count). The second kappa shape index (κ2) is 9.08. The van der Waals surface area contributed by atoms with E-state index in [0.717, 1.165) is 18.7 Å². The minimum Gasteiger partial charge on any atom is -0.473 e. The van der Waals surface area contributed by atoms with Gasteiger partial charge < -0.3 is 25.6 Å². The highest BCUT2D eigenvalue weighted by Crippen LogP contribution is 2.30. The Bertz CT molecular complexity index is 548. The molecule has 1 heterocycles. The number of anilines is 1. The third kappa shape index (κ3) is 7.29. The molecule has 1 aromatic carbocycles. The maximum absolute atomic E-state index is 12.5. The van der Waals surface area contributed by atoms with Crippen molar-refractivity contribution in [2.24, 2.45) is 0 Å². The molecule has 1 saturated heterocycles. The summed E-state index contributed by atoms with van der Waals surface area (Å²) in [6.45, 7) is 2.66. The van der Waals surface area contributed by atoms with Gasteiger partial charge in [0.05, 0.1) is 18.3 Å². The molecule has 0 spiro atoms.